The first kappa shape index (κ1) is 15.6. The van der Waals surface area contributed by atoms with Crippen LogP contribution in [0.2, 0.25) is 0 Å². The topological polar surface area (TPSA) is 22.1 Å². The predicted octanol–water partition coefficient (Wildman–Crippen LogP) is 3.53. The molecule has 93 valence electrons. The SMILES string of the molecule is COC1=C(c2c[c-]c(C)cn2)C(C)CC(C)=C1.[Y]. The summed E-state index contributed by atoms with van der Waals surface area (Å²) in [6.45, 7) is 6.35. The van der Waals surface area contributed by atoms with Crippen molar-refractivity contribution in [3.05, 3.63) is 47.0 Å². The van der Waals surface area contributed by atoms with Crippen LogP contribution < -0.4 is 0 Å². The number of aryl methyl sites for hydroxylation is 1. The van der Waals surface area contributed by atoms with Gasteiger partial charge in [-0.15, -0.1) is 5.56 Å². The number of rotatable bonds is 2. The molecule has 0 saturated carbocycles. The van der Waals surface area contributed by atoms with E-state index in [9.17, 15) is 0 Å². The minimum atomic E-state index is 0. The van der Waals surface area contributed by atoms with Gasteiger partial charge in [0.2, 0.25) is 0 Å². The number of hydrogen-bond donors (Lipinski definition) is 0. The van der Waals surface area contributed by atoms with Crippen LogP contribution >= 0.6 is 0 Å². The Balaban J connectivity index is 0.00000162. The summed E-state index contributed by atoms with van der Waals surface area (Å²) in [6, 6.07) is 5.15. The molecule has 0 spiro atoms. The molecule has 1 aromatic heterocycles. The molecule has 18 heavy (non-hydrogen) atoms. The average molecular weight is 317 g/mol. The van der Waals surface area contributed by atoms with Crippen LogP contribution in [-0.2, 0) is 37.4 Å². The van der Waals surface area contributed by atoms with Crippen molar-refractivity contribution in [1.29, 1.82) is 0 Å². The van der Waals surface area contributed by atoms with E-state index in [0.29, 0.717) is 5.92 Å². The predicted molar refractivity (Wildman–Crippen MR) is 69.3 cm³/mol. The number of methoxy groups -OCH3 is 1. The summed E-state index contributed by atoms with van der Waals surface area (Å²) in [6.07, 6.45) is 5.03. The fourth-order valence-corrected chi connectivity index (χ4v) is 2.31. The van der Waals surface area contributed by atoms with Gasteiger partial charge in [-0.3, -0.25) is 0 Å². The number of nitrogens with zero attached hydrogens (tertiary/aromatic N) is 1. The molecule has 0 aliphatic heterocycles. The molecule has 0 amide bonds. The molecule has 0 saturated heterocycles. The summed E-state index contributed by atoms with van der Waals surface area (Å²) in [5, 5.41) is 0. The van der Waals surface area contributed by atoms with Crippen molar-refractivity contribution in [3.63, 3.8) is 0 Å². The molecule has 3 heteroatoms. The molecule has 0 aromatic carbocycles. The fraction of sp³-hybridized carbons (Fsp3) is 0.400. The van der Waals surface area contributed by atoms with Crippen LogP contribution in [0.3, 0.4) is 0 Å². The van der Waals surface area contributed by atoms with E-state index in [-0.39, 0.29) is 32.7 Å². The molecular formula is C15H18NOY-. The van der Waals surface area contributed by atoms with Crippen molar-refractivity contribution in [2.45, 2.75) is 27.2 Å². The van der Waals surface area contributed by atoms with Crippen LogP contribution in [0, 0.1) is 18.9 Å². The molecule has 1 heterocycles. The molecular weight excluding hydrogens is 299 g/mol. The molecule has 1 unspecified atom stereocenters. The summed E-state index contributed by atoms with van der Waals surface area (Å²) < 4.78 is 5.48. The summed E-state index contributed by atoms with van der Waals surface area (Å²) >= 11 is 0. The fourth-order valence-electron chi connectivity index (χ4n) is 2.31. The van der Waals surface area contributed by atoms with Crippen molar-refractivity contribution >= 4 is 5.57 Å². The van der Waals surface area contributed by atoms with Crippen LogP contribution in [0.1, 0.15) is 31.5 Å². The molecule has 2 nitrogen and oxygen atoms in total. The van der Waals surface area contributed by atoms with Crippen molar-refractivity contribution in [3.8, 4) is 0 Å². The number of hydrogen-bond acceptors (Lipinski definition) is 2. The second kappa shape index (κ2) is 6.63. The minimum Gasteiger partial charge on any atom is -0.497 e. The normalized spacial score (nSPS) is 19.1. The Kier molecular flexibility index (Phi) is 5.74. The van der Waals surface area contributed by atoms with Crippen LogP contribution in [0.4, 0.5) is 0 Å². The smallest absolute Gasteiger partial charge is 0.112 e. The van der Waals surface area contributed by atoms with E-state index in [0.717, 1.165) is 23.4 Å². The monoisotopic (exact) mass is 317 g/mol. The molecule has 1 radical (unpaired) electrons. The third-order valence-corrected chi connectivity index (χ3v) is 3.09. The third-order valence-electron chi connectivity index (χ3n) is 3.09. The van der Waals surface area contributed by atoms with Crippen molar-refractivity contribution in [2.24, 2.45) is 5.92 Å². The van der Waals surface area contributed by atoms with Gasteiger partial charge in [0, 0.05) is 32.7 Å². The maximum absolute atomic E-state index is 5.48. The van der Waals surface area contributed by atoms with Gasteiger partial charge in [0.15, 0.2) is 0 Å². The van der Waals surface area contributed by atoms with E-state index in [1.54, 1.807) is 7.11 Å². The first-order chi connectivity index (χ1) is 8.11. The maximum Gasteiger partial charge on any atom is 0.112 e. The summed E-state index contributed by atoms with van der Waals surface area (Å²) in [5.41, 5.74) is 4.58. The van der Waals surface area contributed by atoms with Gasteiger partial charge in [0.25, 0.3) is 0 Å². The summed E-state index contributed by atoms with van der Waals surface area (Å²) in [4.78, 5) is 4.48. The van der Waals surface area contributed by atoms with Gasteiger partial charge < -0.3 is 9.72 Å². The Morgan fingerprint density at radius 2 is 2.11 bits per heavy atom. The van der Waals surface area contributed by atoms with E-state index >= 15 is 0 Å². The van der Waals surface area contributed by atoms with Crippen molar-refractivity contribution in [1.82, 2.24) is 4.98 Å². The van der Waals surface area contributed by atoms with Crippen LogP contribution in [-0.4, -0.2) is 12.1 Å². The summed E-state index contributed by atoms with van der Waals surface area (Å²) in [7, 11) is 1.72. The van der Waals surface area contributed by atoms with Crippen molar-refractivity contribution < 1.29 is 37.4 Å². The second-order valence-electron chi connectivity index (χ2n) is 4.69. The third kappa shape index (κ3) is 3.30. The number of pyridine rings is 1. The molecule has 2 rings (SSSR count). The molecule has 0 N–H and O–H groups in total. The van der Waals surface area contributed by atoms with Crippen LogP contribution in [0.25, 0.3) is 5.57 Å². The van der Waals surface area contributed by atoms with Gasteiger partial charge >= 0.3 is 0 Å². The molecule has 0 fully saturated rings. The van der Waals surface area contributed by atoms with Crippen LogP contribution in [0.15, 0.2) is 29.7 Å². The minimum absolute atomic E-state index is 0. The van der Waals surface area contributed by atoms with E-state index in [1.165, 1.54) is 11.1 Å². The maximum atomic E-state index is 5.48. The van der Waals surface area contributed by atoms with E-state index < -0.39 is 0 Å². The number of allylic oxidation sites excluding steroid dienone is 3. The Labute approximate surface area is 134 Å². The largest absolute Gasteiger partial charge is 0.497 e. The summed E-state index contributed by atoms with van der Waals surface area (Å²) in [5.74, 6) is 1.38. The first-order valence-electron chi connectivity index (χ1n) is 5.92. The van der Waals surface area contributed by atoms with Gasteiger partial charge in [0.1, 0.15) is 5.76 Å². The standard InChI is InChI=1S/C15H18NO.Y/c1-10-5-6-13(16-9-10)15-12(3)7-11(2)8-14(15)17-4;/h6,8-9,12H,7H2,1-4H3;/q-1;. The number of ether oxygens (including phenoxy) is 1. The van der Waals surface area contributed by atoms with Gasteiger partial charge in [-0.25, -0.2) is 0 Å². The zero-order chi connectivity index (χ0) is 12.4. The number of aromatic nitrogens is 1. The molecule has 1 aliphatic rings. The molecule has 1 atom stereocenters. The zero-order valence-electron chi connectivity index (χ0n) is 11.4. The molecule has 1 aromatic rings. The molecule has 0 bridgehead atoms. The Hall–Kier alpha value is -0.466. The van der Waals surface area contributed by atoms with Crippen LogP contribution in [0.5, 0.6) is 0 Å². The van der Waals surface area contributed by atoms with Gasteiger partial charge in [-0.05, 0) is 36.6 Å². The van der Waals surface area contributed by atoms with E-state index in [4.69, 9.17) is 4.74 Å². The first-order valence-corrected chi connectivity index (χ1v) is 5.92. The molecule has 1 aliphatic carbocycles. The quantitative estimate of drug-likeness (QED) is 0.779. The zero-order valence-corrected chi connectivity index (χ0v) is 14.3. The Bertz CT molecular complexity index is 474. The van der Waals surface area contributed by atoms with Crippen molar-refractivity contribution in [2.75, 3.05) is 7.11 Å². The second-order valence-corrected chi connectivity index (χ2v) is 4.69. The van der Waals surface area contributed by atoms with Gasteiger partial charge in [-0.2, -0.15) is 12.1 Å². The average Bonchev–Trinajstić information content (AvgIpc) is 2.30. The van der Waals surface area contributed by atoms with E-state index in [2.05, 4.69) is 31.0 Å². The Morgan fingerprint density at radius 1 is 1.39 bits per heavy atom. The van der Waals surface area contributed by atoms with Gasteiger partial charge in [0.05, 0.1) is 7.11 Å². The van der Waals surface area contributed by atoms with Gasteiger partial charge in [-0.1, -0.05) is 25.6 Å². The Morgan fingerprint density at radius 3 is 2.67 bits per heavy atom. The van der Waals surface area contributed by atoms with E-state index in [1.807, 2.05) is 19.2 Å².